The van der Waals surface area contributed by atoms with Gasteiger partial charge in [-0.25, -0.2) is 9.78 Å². The van der Waals surface area contributed by atoms with Crippen molar-refractivity contribution in [3.63, 3.8) is 0 Å². The number of aliphatic hydroxyl groups is 1. The van der Waals surface area contributed by atoms with E-state index in [0.717, 1.165) is 19.5 Å². The predicted octanol–water partition coefficient (Wildman–Crippen LogP) is 1.60. The van der Waals surface area contributed by atoms with E-state index in [9.17, 15) is 14.7 Å². The van der Waals surface area contributed by atoms with Gasteiger partial charge in [0.2, 0.25) is 0 Å². The Morgan fingerprint density at radius 2 is 1.87 bits per heavy atom. The number of hydrogen-bond acceptors (Lipinski definition) is 5. The number of nitrogens with zero attached hydrogens (tertiary/aromatic N) is 5. The molecule has 0 amide bonds. The van der Waals surface area contributed by atoms with Gasteiger partial charge in [0, 0.05) is 20.1 Å². The van der Waals surface area contributed by atoms with Gasteiger partial charge in [-0.3, -0.25) is 18.8 Å². The first-order valence-corrected chi connectivity index (χ1v) is 10.5. The molecule has 1 N–H and O–H groups in total. The van der Waals surface area contributed by atoms with Crippen molar-refractivity contribution in [3.05, 3.63) is 27.2 Å². The summed E-state index contributed by atoms with van der Waals surface area (Å²) >= 11 is 0. The molecule has 8 nitrogen and oxygen atoms in total. The molecule has 2 aromatic heterocycles. The molecule has 0 aliphatic heterocycles. The molecule has 2 heterocycles. The van der Waals surface area contributed by atoms with Crippen molar-refractivity contribution in [1.29, 1.82) is 0 Å². The lowest BCUT2D eigenvalue weighted by Gasteiger charge is -2.13. The van der Waals surface area contributed by atoms with Gasteiger partial charge in [-0.15, -0.1) is 12.4 Å². The van der Waals surface area contributed by atoms with Gasteiger partial charge in [-0.1, -0.05) is 32.6 Å². The molecule has 0 saturated heterocycles. The minimum atomic E-state index is -0.682. The van der Waals surface area contributed by atoms with Gasteiger partial charge in [-0.2, -0.15) is 0 Å². The molecule has 0 aliphatic rings. The Morgan fingerprint density at radius 1 is 1.17 bits per heavy atom. The summed E-state index contributed by atoms with van der Waals surface area (Å²) in [5.74, 6) is 5.89. The van der Waals surface area contributed by atoms with Gasteiger partial charge in [0.15, 0.2) is 11.2 Å². The maximum absolute atomic E-state index is 12.9. The van der Waals surface area contributed by atoms with Crippen LogP contribution in [0.4, 0.5) is 0 Å². The summed E-state index contributed by atoms with van der Waals surface area (Å²) < 4.78 is 4.51. The number of halogens is 1. The van der Waals surface area contributed by atoms with Crippen molar-refractivity contribution >= 4 is 23.6 Å². The number of rotatable bonds is 10. The summed E-state index contributed by atoms with van der Waals surface area (Å²) in [4.78, 5) is 31.8. The molecular weight excluding hydrogens is 406 g/mol. The minimum absolute atomic E-state index is 0. The van der Waals surface area contributed by atoms with Crippen molar-refractivity contribution in [2.75, 3.05) is 19.6 Å². The van der Waals surface area contributed by atoms with E-state index >= 15 is 0 Å². The molecule has 0 saturated carbocycles. The highest BCUT2D eigenvalue weighted by Crippen LogP contribution is 2.07. The zero-order chi connectivity index (χ0) is 21.4. The number of hydrogen-bond donors (Lipinski definition) is 1. The van der Waals surface area contributed by atoms with Crippen LogP contribution in [0, 0.1) is 11.8 Å². The molecule has 1 unspecified atom stereocenters. The number of unbranched alkanes of at least 4 members (excludes halogenated alkanes) is 1. The van der Waals surface area contributed by atoms with E-state index in [2.05, 4.69) is 35.6 Å². The Bertz CT molecular complexity index is 979. The fraction of sp³-hybridized carbons (Fsp3) is 0.667. The lowest BCUT2D eigenvalue weighted by molar-refractivity contribution is 0.216. The smallest absolute Gasteiger partial charge is 0.332 e. The Balaban J connectivity index is 0.00000450. The first kappa shape index (κ1) is 26.0. The number of aliphatic hydroxyl groups excluding tert-OH is 1. The van der Waals surface area contributed by atoms with Crippen LogP contribution in [-0.4, -0.2) is 54.4 Å². The molecule has 0 bridgehead atoms. The number of fused-ring (bicyclic) bond motifs is 1. The molecule has 9 heteroatoms. The lowest BCUT2D eigenvalue weighted by Crippen LogP contribution is -2.39. The van der Waals surface area contributed by atoms with E-state index in [1.54, 1.807) is 13.4 Å². The topological polar surface area (TPSA) is 85.3 Å². The van der Waals surface area contributed by atoms with E-state index in [1.807, 2.05) is 11.5 Å². The van der Waals surface area contributed by atoms with Crippen molar-refractivity contribution < 1.29 is 5.11 Å². The van der Waals surface area contributed by atoms with Crippen LogP contribution < -0.4 is 11.2 Å². The summed E-state index contributed by atoms with van der Waals surface area (Å²) in [5, 5.41) is 10.0. The summed E-state index contributed by atoms with van der Waals surface area (Å²) in [6.07, 6.45) is 3.64. The highest BCUT2D eigenvalue weighted by molar-refractivity contribution is 5.85. The Morgan fingerprint density at radius 3 is 2.50 bits per heavy atom. The standard InChI is InChI=1S/C21H33N5O3.ClH/c1-5-13-25-16-22-19-18(25)20(28)26(21(29)23(19)4)15-9-8-11-17(27)12-10-14-24(6-2)7-3;/h16-17,27H,5-9,11,13-15H2,1-4H3;1H. The molecule has 2 rings (SSSR count). The highest BCUT2D eigenvalue weighted by Gasteiger charge is 2.15. The third-order valence-electron chi connectivity index (χ3n) is 5.14. The first-order chi connectivity index (χ1) is 13.9. The van der Waals surface area contributed by atoms with E-state index in [4.69, 9.17) is 0 Å². The van der Waals surface area contributed by atoms with Crippen LogP contribution in [0.15, 0.2) is 15.9 Å². The molecular formula is C21H34ClN5O3. The molecule has 0 spiro atoms. The second-order valence-corrected chi connectivity index (χ2v) is 7.20. The second kappa shape index (κ2) is 12.6. The Kier molecular flexibility index (Phi) is 10.9. The summed E-state index contributed by atoms with van der Waals surface area (Å²) in [5.41, 5.74) is 0.234. The number of aromatic nitrogens is 4. The van der Waals surface area contributed by atoms with Gasteiger partial charge < -0.3 is 9.67 Å². The lowest BCUT2D eigenvalue weighted by atomic mass is 10.1. The Labute approximate surface area is 183 Å². The quantitative estimate of drug-likeness (QED) is 0.449. The van der Waals surface area contributed by atoms with Gasteiger partial charge in [0.25, 0.3) is 5.56 Å². The maximum atomic E-state index is 12.9. The molecule has 168 valence electrons. The van der Waals surface area contributed by atoms with Crippen LogP contribution in [0.2, 0.25) is 0 Å². The van der Waals surface area contributed by atoms with Crippen LogP contribution in [-0.2, 0) is 20.1 Å². The average Bonchev–Trinajstić information content (AvgIpc) is 3.13. The normalized spacial score (nSPS) is 11.9. The largest absolute Gasteiger partial charge is 0.380 e. The van der Waals surface area contributed by atoms with Crippen molar-refractivity contribution in [2.45, 2.75) is 65.6 Å². The third-order valence-corrected chi connectivity index (χ3v) is 5.14. The van der Waals surface area contributed by atoms with Crippen LogP contribution in [0.5, 0.6) is 0 Å². The average molecular weight is 440 g/mol. The number of imidazole rings is 1. The van der Waals surface area contributed by atoms with Crippen molar-refractivity contribution in [3.8, 4) is 11.8 Å². The van der Waals surface area contributed by atoms with E-state index in [1.165, 1.54) is 9.13 Å². The molecule has 0 fully saturated rings. The molecule has 0 aromatic carbocycles. The molecule has 2 aromatic rings. The van der Waals surface area contributed by atoms with Crippen LogP contribution in [0.25, 0.3) is 11.2 Å². The fourth-order valence-corrected chi connectivity index (χ4v) is 3.33. The Hall–Kier alpha value is -2.08. The van der Waals surface area contributed by atoms with Crippen LogP contribution in [0.3, 0.4) is 0 Å². The summed E-state index contributed by atoms with van der Waals surface area (Å²) in [6.45, 7) is 9.73. The van der Waals surface area contributed by atoms with Gasteiger partial charge in [0.1, 0.15) is 6.10 Å². The van der Waals surface area contributed by atoms with Crippen LogP contribution in [0.1, 0.15) is 46.5 Å². The van der Waals surface area contributed by atoms with Gasteiger partial charge in [-0.05, 0) is 38.8 Å². The summed E-state index contributed by atoms with van der Waals surface area (Å²) in [6, 6.07) is 0. The predicted molar refractivity (Wildman–Crippen MR) is 122 cm³/mol. The van der Waals surface area contributed by atoms with Crippen molar-refractivity contribution in [2.24, 2.45) is 7.05 Å². The summed E-state index contributed by atoms with van der Waals surface area (Å²) in [7, 11) is 1.64. The number of aryl methyl sites for hydroxylation is 2. The molecule has 0 aliphatic carbocycles. The zero-order valence-corrected chi connectivity index (χ0v) is 19.2. The molecule has 30 heavy (non-hydrogen) atoms. The van der Waals surface area contributed by atoms with E-state index in [-0.39, 0.29) is 23.7 Å². The maximum Gasteiger partial charge on any atom is 0.332 e. The fourth-order valence-electron chi connectivity index (χ4n) is 3.33. The minimum Gasteiger partial charge on any atom is -0.380 e. The van der Waals surface area contributed by atoms with Crippen molar-refractivity contribution in [1.82, 2.24) is 23.6 Å². The highest BCUT2D eigenvalue weighted by atomic mass is 35.5. The zero-order valence-electron chi connectivity index (χ0n) is 18.4. The molecule has 0 radical (unpaired) electrons. The SMILES string of the molecule is CCCn1cnc2c1c(=O)n(CCCCC(O)C#CCN(CC)CC)c(=O)n2C.Cl. The van der Waals surface area contributed by atoms with Crippen LogP contribution >= 0.6 is 12.4 Å². The molecule has 1 atom stereocenters. The first-order valence-electron chi connectivity index (χ1n) is 10.5. The van der Waals surface area contributed by atoms with E-state index < -0.39 is 6.10 Å². The van der Waals surface area contributed by atoms with Gasteiger partial charge in [0.05, 0.1) is 12.9 Å². The second-order valence-electron chi connectivity index (χ2n) is 7.20. The monoisotopic (exact) mass is 439 g/mol. The van der Waals surface area contributed by atoms with Gasteiger partial charge >= 0.3 is 5.69 Å². The third kappa shape index (κ3) is 6.21. The van der Waals surface area contributed by atoms with E-state index in [0.29, 0.717) is 50.1 Å².